The van der Waals surface area contributed by atoms with E-state index in [4.69, 9.17) is 14.2 Å². The molecule has 0 aromatic rings. The number of allylic oxidation sites excluding steroid dienone is 12. The molecule has 6 heteroatoms. The molecular weight excluding hydrogens is 961 g/mol. The first kappa shape index (κ1) is 74.8. The molecule has 0 rings (SSSR count). The van der Waals surface area contributed by atoms with Gasteiger partial charge in [0.15, 0.2) is 6.10 Å². The molecule has 0 aliphatic heterocycles. The molecule has 1 atom stereocenters. The number of hydrogen-bond donors (Lipinski definition) is 0. The van der Waals surface area contributed by atoms with E-state index in [2.05, 4.69) is 93.7 Å². The van der Waals surface area contributed by atoms with E-state index in [0.717, 1.165) is 83.5 Å². The van der Waals surface area contributed by atoms with Gasteiger partial charge in [-0.05, 0) is 109 Å². The van der Waals surface area contributed by atoms with Gasteiger partial charge in [-0.15, -0.1) is 0 Å². The summed E-state index contributed by atoms with van der Waals surface area (Å²) in [4.78, 5) is 38.4. The average molecular weight is 1090 g/mol. The summed E-state index contributed by atoms with van der Waals surface area (Å²) < 4.78 is 17.0. The molecule has 0 bridgehead atoms. The van der Waals surface area contributed by atoms with Gasteiger partial charge in [0, 0.05) is 19.3 Å². The van der Waals surface area contributed by atoms with Crippen molar-refractivity contribution in [2.45, 2.75) is 354 Å². The Kier molecular flexibility index (Phi) is 63.7. The van der Waals surface area contributed by atoms with Crippen LogP contribution >= 0.6 is 0 Å². The molecule has 78 heavy (non-hydrogen) atoms. The Balaban J connectivity index is 4.36. The van der Waals surface area contributed by atoms with Crippen LogP contribution < -0.4 is 0 Å². The Morgan fingerprint density at radius 1 is 0.269 bits per heavy atom. The van der Waals surface area contributed by atoms with E-state index in [1.165, 1.54) is 225 Å². The zero-order chi connectivity index (χ0) is 56.4. The van der Waals surface area contributed by atoms with Gasteiger partial charge in [-0.1, -0.05) is 293 Å². The first-order valence-corrected chi connectivity index (χ1v) is 33.9. The predicted octanol–water partition coefficient (Wildman–Crippen LogP) is 23.3. The van der Waals surface area contributed by atoms with E-state index >= 15 is 0 Å². The van der Waals surface area contributed by atoms with Crippen LogP contribution in [-0.2, 0) is 28.6 Å². The molecule has 0 fully saturated rings. The van der Waals surface area contributed by atoms with Crippen LogP contribution in [0.4, 0.5) is 0 Å². The van der Waals surface area contributed by atoms with Crippen LogP contribution in [0.1, 0.15) is 348 Å². The number of rotatable bonds is 62. The lowest BCUT2D eigenvalue weighted by Gasteiger charge is -2.18. The Hall–Kier alpha value is -3.15. The summed E-state index contributed by atoms with van der Waals surface area (Å²) >= 11 is 0. The topological polar surface area (TPSA) is 78.9 Å². The van der Waals surface area contributed by atoms with Crippen molar-refractivity contribution < 1.29 is 28.6 Å². The lowest BCUT2D eigenvalue weighted by molar-refractivity contribution is -0.167. The standard InChI is InChI=1S/C72H128O6/c1-4-7-10-13-16-19-22-25-28-31-34-35-36-37-39-41-44-47-50-53-56-59-62-65-71(74)77-68-69(67-76-70(73)64-61-58-55-52-49-46-43-40-33-30-27-24-21-18-15-12-9-6-3)78-72(75)66-63-60-57-54-51-48-45-42-38-32-29-26-23-20-17-14-11-8-5-2/h7,10,16,19,25-26,28-30,33-35,69H,4-6,8-9,11-15,17-18,20-24,27,31-32,36-68H2,1-3H3/b10-7-,19-16-,28-25-,29-26-,33-30-,35-34-. The molecule has 0 aliphatic rings. The van der Waals surface area contributed by atoms with Gasteiger partial charge in [-0.25, -0.2) is 0 Å². The first-order valence-electron chi connectivity index (χ1n) is 33.9. The maximum atomic E-state index is 12.9. The van der Waals surface area contributed by atoms with Gasteiger partial charge >= 0.3 is 17.9 Å². The molecule has 0 amide bonds. The summed E-state index contributed by atoms with van der Waals surface area (Å²) in [6.07, 6.45) is 86.2. The highest BCUT2D eigenvalue weighted by atomic mass is 16.6. The molecule has 0 saturated carbocycles. The quantitative estimate of drug-likeness (QED) is 0.0261. The molecule has 0 radical (unpaired) electrons. The lowest BCUT2D eigenvalue weighted by atomic mass is 10.0. The maximum absolute atomic E-state index is 12.9. The molecule has 0 saturated heterocycles. The van der Waals surface area contributed by atoms with E-state index in [1.54, 1.807) is 0 Å². The molecule has 0 aromatic carbocycles. The van der Waals surface area contributed by atoms with Crippen molar-refractivity contribution in [2.24, 2.45) is 0 Å². The van der Waals surface area contributed by atoms with E-state index in [0.29, 0.717) is 19.3 Å². The van der Waals surface area contributed by atoms with Crippen molar-refractivity contribution in [3.8, 4) is 0 Å². The molecule has 6 nitrogen and oxygen atoms in total. The van der Waals surface area contributed by atoms with E-state index in [9.17, 15) is 14.4 Å². The highest BCUT2D eigenvalue weighted by molar-refractivity contribution is 5.71. The zero-order valence-corrected chi connectivity index (χ0v) is 51.9. The largest absolute Gasteiger partial charge is 0.462 e. The zero-order valence-electron chi connectivity index (χ0n) is 51.9. The van der Waals surface area contributed by atoms with Crippen molar-refractivity contribution in [2.75, 3.05) is 13.2 Å². The van der Waals surface area contributed by atoms with E-state index in [1.807, 2.05) is 0 Å². The number of ether oxygens (including phenoxy) is 3. The summed E-state index contributed by atoms with van der Waals surface area (Å²) in [6, 6.07) is 0. The van der Waals surface area contributed by atoms with Gasteiger partial charge in [-0.2, -0.15) is 0 Å². The molecule has 452 valence electrons. The summed E-state index contributed by atoms with van der Waals surface area (Å²) in [7, 11) is 0. The fourth-order valence-electron chi connectivity index (χ4n) is 9.84. The molecule has 0 N–H and O–H groups in total. The molecule has 1 unspecified atom stereocenters. The van der Waals surface area contributed by atoms with Crippen LogP contribution in [0.25, 0.3) is 0 Å². The second-order valence-electron chi connectivity index (χ2n) is 22.7. The van der Waals surface area contributed by atoms with E-state index in [-0.39, 0.29) is 31.1 Å². The third kappa shape index (κ3) is 63.7. The highest BCUT2D eigenvalue weighted by Gasteiger charge is 2.19. The molecule has 0 heterocycles. The van der Waals surface area contributed by atoms with Crippen LogP contribution in [0.15, 0.2) is 72.9 Å². The third-order valence-electron chi connectivity index (χ3n) is 14.9. The van der Waals surface area contributed by atoms with Crippen molar-refractivity contribution in [1.82, 2.24) is 0 Å². The van der Waals surface area contributed by atoms with Gasteiger partial charge in [-0.3, -0.25) is 14.4 Å². The van der Waals surface area contributed by atoms with Gasteiger partial charge in [0.1, 0.15) is 13.2 Å². The second-order valence-corrected chi connectivity index (χ2v) is 22.7. The van der Waals surface area contributed by atoms with Gasteiger partial charge in [0.25, 0.3) is 0 Å². The Morgan fingerprint density at radius 3 is 0.795 bits per heavy atom. The number of carbonyl (C=O) groups is 3. The number of unbranched alkanes of at least 4 members (excludes halogenated alkanes) is 39. The Bertz CT molecular complexity index is 1440. The van der Waals surface area contributed by atoms with Gasteiger partial charge in [0.05, 0.1) is 0 Å². The van der Waals surface area contributed by atoms with Crippen molar-refractivity contribution in [1.29, 1.82) is 0 Å². The maximum Gasteiger partial charge on any atom is 0.306 e. The average Bonchev–Trinajstić information content (AvgIpc) is 3.44. The van der Waals surface area contributed by atoms with Crippen LogP contribution in [0, 0.1) is 0 Å². The summed E-state index contributed by atoms with van der Waals surface area (Å²) in [5.41, 5.74) is 0. The first-order chi connectivity index (χ1) is 38.5. The number of esters is 3. The number of hydrogen-bond acceptors (Lipinski definition) is 6. The molecule has 0 aliphatic carbocycles. The summed E-state index contributed by atoms with van der Waals surface area (Å²) in [5, 5.41) is 0. The fraction of sp³-hybridized carbons (Fsp3) is 0.792. The van der Waals surface area contributed by atoms with E-state index < -0.39 is 6.10 Å². The minimum absolute atomic E-state index is 0.0773. The highest BCUT2D eigenvalue weighted by Crippen LogP contribution is 2.17. The molecule has 0 aromatic heterocycles. The summed E-state index contributed by atoms with van der Waals surface area (Å²) in [6.45, 7) is 6.56. The van der Waals surface area contributed by atoms with Gasteiger partial charge < -0.3 is 14.2 Å². The van der Waals surface area contributed by atoms with Crippen LogP contribution in [0.2, 0.25) is 0 Å². The van der Waals surface area contributed by atoms with Crippen molar-refractivity contribution in [3.05, 3.63) is 72.9 Å². The fourth-order valence-corrected chi connectivity index (χ4v) is 9.84. The van der Waals surface area contributed by atoms with Crippen LogP contribution in [0.3, 0.4) is 0 Å². The normalized spacial score (nSPS) is 12.5. The number of carbonyl (C=O) groups excluding carboxylic acids is 3. The van der Waals surface area contributed by atoms with Gasteiger partial charge in [0.2, 0.25) is 0 Å². The smallest absolute Gasteiger partial charge is 0.306 e. The minimum atomic E-state index is -0.781. The molecular formula is C72H128O6. The monoisotopic (exact) mass is 1090 g/mol. The summed E-state index contributed by atoms with van der Waals surface area (Å²) in [5.74, 6) is -0.868. The predicted molar refractivity (Wildman–Crippen MR) is 339 cm³/mol. The van der Waals surface area contributed by atoms with Crippen molar-refractivity contribution in [3.63, 3.8) is 0 Å². The second kappa shape index (κ2) is 66.4. The minimum Gasteiger partial charge on any atom is -0.462 e. The third-order valence-corrected chi connectivity index (χ3v) is 14.9. The van der Waals surface area contributed by atoms with Crippen LogP contribution in [-0.4, -0.2) is 37.2 Å². The van der Waals surface area contributed by atoms with Crippen LogP contribution in [0.5, 0.6) is 0 Å². The van der Waals surface area contributed by atoms with Crippen molar-refractivity contribution >= 4 is 17.9 Å². The molecule has 0 spiro atoms. The Labute approximate surface area is 484 Å². The lowest BCUT2D eigenvalue weighted by Crippen LogP contribution is -2.30. The SMILES string of the molecule is CC/C=C\C/C=C\C/C=C\C/C=C\CCCCCCCCCCCCC(=O)OCC(COC(=O)CCCCCCCCC/C=C\CCCCCCCCC)OC(=O)CCCCCCCCCCC/C=C\CCCCCCCC. The Morgan fingerprint density at radius 2 is 0.500 bits per heavy atom.